The molecular formula is C18H19ClFNO. The van der Waals surface area contributed by atoms with Crippen LogP contribution in [0.1, 0.15) is 30.1 Å². The molecular weight excluding hydrogens is 301 g/mol. The first-order valence-corrected chi connectivity index (χ1v) is 7.98. The van der Waals surface area contributed by atoms with Crippen molar-refractivity contribution in [1.29, 1.82) is 0 Å². The Hall–Kier alpha value is -1.42. The van der Waals surface area contributed by atoms with Gasteiger partial charge in [0.2, 0.25) is 0 Å². The van der Waals surface area contributed by atoms with Gasteiger partial charge in [-0.25, -0.2) is 4.39 Å². The number of hydrogen-bond donors (Lipinski definition) is 1. The molecule has 1 saturated heterocycles. The summed E-state index contributed by atoms with van der Waals surface area (Å²) >= 11 is 5.96. The van der Waals surface area contributed by atoms with Gasteiger partial charge in [0.05, 0.1) is 6.10 Å². The van der Waals surface area contributed by atoms with E-state index in [1.54, 1.807) is 12.1 Å². The molecule has 3 rings (SSSR count). The maximum absolute atomic E-state index is 14.2. The third-order valence-corrected chi connectivity index (χ3v) is 4.23. The molecule has 0 spiro atoms. The molecule has 1 fully saturated rings. The molecule has 0 saturated carbocycles. The first-order chi connectivity index (χ1) is 10.7. The summed E-state index contributed by atoms with van der Waals surface area (Å²) < 4.78 is 20.5. The van der Waals surface area contributed by atoms with E-state index in [-0.39, 0.29) is 11.9 Å². The van der Waals surface area contributed by atoms with Gasteiger partial charge >= 0.3 is 0 Å². The standard InChI is InChI=1S/C18H19ClFNO/c19-14-7-5-13(6-8-14)18(16-3-1-2-4-17(16)20)22-15-9-11-21-12-10-15/h1-8,15,18,21H,9-12H2. The second-order valence-corrected chi connectivity index (χ2v) is 5.97. The topological polar surface area (TPSA) is 21.3 Å². The van der Waals surface area contributed by atoms with Crippen molar-refractivity contribution < 1.29 is 9.13 Å². The fourth-order valence-corrected chi connectivity index (χ4v) is 2.91. The van der Waals surface area contributed by atoms with E-state index in [4.69, 9.17) is 16.3 Å². The van der Waals surface area contributed by atoms with Crippen LogP contribution in [-0.2, 0) is 4.74 Å². The zero-order chi connectivity index (χ0) is 15.4. The van der Waals surface area contributed by atoms with E-state index in [1.165, 1.54) is 6.07 Å². The average Bonchev–Trinajstić information content (AvgIpc) is 2.55. The number of rotatable bonds is 4. The van der Waals surface area contributed by atoms with Gasteiger partial charge in [-0.05, 0) is 49.7 Å². The molecule has 1 atom stereocenters. The van der Waals surface area contributed by atoms with Crippen molar-refractivity contribution in [3.8, 4) is 0 Å². The molecule has 2 nitrogen and oxygen atoms in total. The Morgan fingerprint density at radius 3 is 2.41 bits per heavy atom. The summed E-state index contributed by atoms with van der Waals surface area (Å²) in [7, 11) is 0. The van der Waals surface area contributed by atoms with Crippen LogP contribution in [0.15, 0.2) is 48.5 Å². The number of nitrogens with one attached hydrogen (secondary N) is 1. The highest BCUT2D eigenvalue weighted by Gasteiger charge is 2.24. The lowest BCUT2D eigenvalue weighted by Gasteiger charge is -2.29. The first kappa shape index (κ1) is 15.5. The van der Waals surface area contributed by atoms with Crippen LogP contribution in [0.2, 0.25) is 5.02 Å². The van der Waals surface area contributed by atoms with Crippen molar-refractivity contribution in [2.45, 2.75) is 25.0 Å². The van der Waals surface area contributed by atoms with E-state index in [2.05, 4.69) is 5.32 Å². The van der Waals surface area contributed by atoms with E-state index < -0.39 is 6.10 Å². The summed E-state index contributed by atoms with van der Waals surface area (Å²) in [6, 6.07) is 14.2. The van der Waals surface area contributed by atoms with Gasteiger partial charge in [0.1, 0.15) is 11.9 Å². The number of hydrogen-bond acceptors (Lipinski definition) is 2. The fourth-order valence-electron chi connectivity index (χ4n) is 2.78. The van der Waals surface area contributed by atoms with E-state index in [0.29, 0.717) is 10.6 Å². The average molecular weight is 320 g/mol. The van der Waals surface area contributed by atoms with Gasteiger partial charge in [0, 0.05) is 10.6 Å². The minimum atomic E-state index is -0.401. The summed E-state index contributed by atoms with van der Waals surface area (Å²) in [5.74, 6) is -0.239. The number of ether oxygens (including phenoxy) is 1. The predicted molar refractivity (Wildman–Crippen MR) is 86.7 cm³/mol. The highest BCUT2D eigenvalue weighted by molar-refractivity contribution is 6.30. The summed E-state index contributed by atoms with van der Waals surface area (Å²) in [5, 5.41) is 3.98. The summed E-state index contributed by atoms with van der Waals surface area (Å²) in [4.78, 5) is 0. The zero-order valence-corrected chi connectivity index (χ0v) is 13.0. The van der Waals surface area contributed by atoms with E-state index in [0.717, 1.165) is 31.5 Å². The third kappa shape index (κ3) is 3.67. The van der Waals surface area contributed by atoms with Crippen LogP contribution in [0.4, 0.5) is 4.39 Å². The van der Waals surface area contributed by atoms with Gasteiger partial charge in [0.15, 0.2) is 0 Å². The van der Waals surface area contributed by atoms with Crippen molar-refractivity contribution in [2.75, 3.05) is 13.1 Å². The molecule has 0 aromatic heterocycles. The van der Waals surface area contributed by atoms with Gasteiger partial charge in [-0.1, -0.05) is 41.9 Å². The summed E-state index contributed by atoms with van der Waals surface area (Å²) in [5.41, 5.74) is 1.50. The van der Waals surface area contributed by atoms with Crippen LogP contribution in [0, 0.1) is 5.82 Å². The Balaban J connectivity index is 1.91. The van der Waals surface area contributed by atoms with Crippen molar-refractivity contribution in [3.63, 3.8) is 0 Å². The fraction of sp³-hybridized carbons (Fsp3) is 0.333. The highest BCUT2D eigenvalue weighted by Crippen LogP contribution is 2.31. The van der Waals surface area contributed by atoms with Gasteiger partial charge in [-0.15, -0.1) is 0 Å². The first-order valence-electron chi connectivity index (χ1n) is 7.60. The molecule has 1 aliphatic heterocycles. The van der Waals surface area contributed by atoms with Crippen LogP contribution < -0.4 is 5.32 Å². The lowest BCUT2D eigenvalue weighted by molar-refractivity contribution is -0.00948. The molecule has 1 aliphatic rings. The van der Waals surface area contributed by atoms with Crippen molar-refractivity contribution >= 4 is 11.6 Å². The second kappa shape index (κ2) is 7.23. The van der Waals surface area contributed by atoms with Gasteiger partial charge < -0.3 is 10.1 Å². The quantitative estimate of drug-likeness (QED) is 0.905. The van der Waals surface area contributed by atoms with E-state index >= 15 is 0 Å². The summed E-state index contributed by atoms with van der Waals surface area (Å²) in [6.07, 6.45) is 1.62. The summed E-state index contributed by atoms with van der Waals surface area (Å²) in [6.45, 7) is 1.88. The predicted octanol–water partition coefficient (Wildman–Crippen LogP) is 4.34. The minimum absolute atomic E-state index is 0.140. The van der Waals surface area contributed by atoms with Crippen molar-refractivity contribution in [2.24, 2.45) is 0 Å². The molecule has 0 bridgehead atoms. The second-order valence-electron chi connectivity index (χ2n) is 5.54. The Labute approximate surface area is 135 Å². The highest BCUT2D eigenvalue weighted by atomic mass is 35.5. The largest absolute Gasteiger partial charge is 0.365 e. The molecule has 1 heterocycles. The third-order valence-electron chi connectivity index (χ3n) is 3.98. The SMILES string of the molecule is Fc1ccccc1C(OC1CCNCC1)c1ccc(Cl)cc1. The van der Waals surface area contributed by atoms with Crippen molar-refractivity contribution in [3.05, 3.63) is 70.5 Å². The molecule has 0 amide bonds. The number of halogens is 2. The van der Waals surface area contributed by atoms with Crippen LogP contribution in [-0.4, -0.2) is 19.2 Å². The lowest BCUT2D eigenvalue weighted by Crippen LogP contribution is -2.33. The molecule has 4 heteroatoms. The maximum Gasteiger partial charge on any atom is 0.129 e. The van der Waals surface area contributed by atoms with Crippen LogP contribution in [0.25, 0.3) is 0 Å². The molecule has 1 N–H and O–H groups in total. The van der Waals surface area contributed by atoms with Crippen LogP contribution in [0.5, 0.6) is 0 Å². The smallest absolute Gasteiger partial charge is 0.129 e. The number of benzene rings is 2. The molecule has 116 valence electrons. The van der Waals surface area contributed by atoms with Gasteiger partial charge in [-0.3, -0.25) is 0 Å². The Kier molecular flexibility index (Phi) is 5.08. The molecule has 2 aromatic rings. The van der Waals surface area contributed by atoms with Crippen LogP contribution in [0.3, 0.4) is 0 Å². The van der Waals surface area contributed by atoms with E-state index in [9.17, 15) is 4.39 Å². The van der Waals surface area contributed by atoms with Gasteiger partial charge in [-0.2, -0.15) is 0 Å². The molecule has 2 aromatic carbocycles. The normalized spacial score (nSPS) is 17.4. The monoisotopic (exact) mass is 319 g/mol. The maximum atomic E-state index is 14.2. The zero-order valence-electron chi connectivity index (χ0n) is 12.3. The molecule has 0 radical (unpaired) electrons. The minimum Gasteiger partial charge on any atom is -0.365 e. The van der Waals surface area contributed by atoms with E-state index in [1.807, 2.05) is 30.3 Å². The van der Waals surface area contributed by atoms with Crippen LogP contribution >= 0.6 is 11.6 Å². The Bertz CT molecular complexity index is 611. The number of piperidine rings is 1. The molecule has 22 heavy (non-hydrogen) atoms. The lowest BCUT2D eigenvalue weighted by atomic mass is 9.99. The molecule has 1 unspecified atom stereocenters. The molecule has 0 aliphatic carbocycles. The Morgan fingerprint density at radius 1 is 1.05 bits per heavy atom. The van der Waals surface area contributed by atoms with Gasteiger partial charge in [0.25, 0.3) is 0 Å². The van der Waals surface area contributed by atoms with Crippen molar-refractivity contribution in [1.82, 2.24) is 5.32 Å². The Morgan fingerprint density at radius 2 is 1.73 bits per heavy atom.